The van der Waals surface area contributed by atoms with Crippen molar-refractivity contribution in [1.82, 2.24) is 10.2 Å². The third-order valence-corrected chi connectivity index (χ3v) is 6.99. The van der Waals surface area contributed by atoms with Crippen molar-refractivity contribution >= 4 is 44.9 Å². The second kappa shape index (κ2) is 9.90. The van der Waals surface area contributed by atoms with Crippen LogP contribution in [0.25, 0.3) is 0 Å². The predicted molar refractivity (Wildman–Crippen MR) is 112 cm³/mol. The first-order chi connectivity index (χ1) is 12.6. The van der Waals surface area contributed by atoms with Crippen molar-refractivity contribution in [3.05, 3.63) is 50.6 Å². The number of morpholine rings is 1. The molecule has 0 spiro atoms. The molecule has 1 unspecified atom stereocenters. The highest BCUT2D eigenvalue weighted by molar-refractivity contribution is 9.10. The minimum absolute atomic E-state index is 0.0761. The molecule has 1 aromatic heterocycles. The van der Waals surface area contributed by atoms with Crippen LogP contribution >= 0.6 is 39.0 Å². The quantitative estimate of drug-likeness (QED) is 0.639. The van der Waals surface area contributed by atoms with Gasteiger partial charge in [0.15, 0.2) is 0 Å². The second-order valence-corrected chi connectivity index (χ2v) is 9.09. The van der Waals surface area contributed by atoms with E-state index in [0.29, 0.717) is 12.3 Å². The minimum Gasteiger partial charge on any atom is -0.379 e. The van der Waals surface area contributed by atoms with Gasteiger partial charge in [-0.1, -0.05) is 22.0 Å². The second-order valence-electron chi connectivity index (χ2n) is 6.18. The lowest BCUT2D eigenvalue weighted by atomic mass is 10.2. The van der Waals surface area contributed by atoms with Gasteiger partial charge in [0.1, 0.15) is 0 Å². The zero-order chi connectivity index (χ0) is 18.4. The molecule has 2 heterocycles. The molecule has 1 atom stereocenters. The van der Waals surface area contributed by atoms with E-state index >= 15 is 0 Å². The lowest BCUT2D eigenvalue weighted by Gasteiger charge is -2.34. The molecular weight excluding hydrogens is 432 g/mol. The van der Waals surface area contributed by atoms with Crippen LogP contribution in [0.2, 0.25) is 0 Å². The summed E-state index contributed by atoms with van der Waals surface area (Å²) in [5.41, 5.74) is 1.18. The van der Waals surface area contributed by atoms with Crippen LogP contribution in [0.15, 0.2) is 45.1 Å². The van der Waals surface area contributed by atoms with Crippen LogP contribution in [0, 0.1) is 6.92 Å². The largest absolute Gasteiger partial charge is 0.379 e. The number of thiophene rings is 1. The smallest absolute Gasteiger partial charge is 0.230 e. The maximum Gasteiger partial charge on any atom is 0.230 e. The molecule has 2 aromatic rings. The molecule has 0 saturated carbocycles. The zero-order valence-electron chi connectivity index (χ0n) is 14.7. The Labute approximate surface area is 171 Å². The highest BCUT2D eigenvalue weighted by Crippen LogP contribution is 2.27. The average Bonchev–Trinajstić information content (AvgIpc) is 3.16. The van der Waals surface area contributed by atoms with E-state index in [0.717, 1.165) is 35.7 Å². The first-order valence-corrected chi connectivity index (χ1v) is 11.3. The fourth-order valence-corrected chi connectivity index (χ4v) is 5.14. The van der Waals surface area contributed by atoms with Gasteiger partial charge in [0, 0.05) is 33.9 Å². The van der Waals surface area contributed by atoms with E-state index in [1.807, 2.05) is 6.07 Å². The van der Waals surface area contributed by atoms with Gasteiger partial charge < -0.3 is 10.1 Å². The van der Waals surface area contributed by atoms with Gasteiger partial charge in [0.05, 0.1) is 25.0 Å². The lowest BCUT2D eigenvalue weighted by molar-refractivity contribution is -0.118. The molecule has 26 heavy (non-hydrogen) atoms. The molecule has 1 N–H and O–H groups in total. The summed E-state index contributed by atoms with van der Waals surface area (Å²) in [6.45, 7) is 6.04. The van der Waals surface area contributed by atoms with Crippen molar-refractivity contribution in [2.75, 3.05) is 38.6 Å². The number of thioether (sulfide) groups is 1. The van der Waals surface area contributed by atoms with E-state index in [-0.39, 0.29) is 11.9 Å². The SMILES string of the molecule is Cc1cc(Br)ccc1SCC(=O)NCC(c1cccs1)N1CCOCC1. The number of ether oxygens (including phenoxy) is 1. The molecule has 1 aliphatic heterocycles. The Morgan fingerprint density at radius 2 is 2.19 bits per heavy atom. The maximum atomic E-state index is 12.4. The minimum atomic E-state index is 0.0761. The number of rotatable bonds is 7. The highest BCUT2D eigenvalue weighted by Gasteiger charge is 2.23. The summed E-state index contributed by atoms with van der Waals surface area (Å²) in [7, 11) is 0. The molecule has 0 radical (unpaired) electrons. The Morgan fingerprint density at radius 3 is 2.88 bits per heavy atom. The molecule has 1 amide bonds. The summed E-state index contributed by atoms with van der Waals surface area (Å²) in [4.78, 5) is 17.2. The van der Waals surface area contributed by atoms with E-state index in [9.17, 15) is 4.79 Å². The predicted octanol–water partition coefficient (Wildman–Crippen LogP) is 4.10. The van der Waals surface area contributed by atoms with E-state index < -0.39 is 0 Å². The Kier molecular flexibility index (Phi) is 7.57. The van der Waals surface area contributed by atoms with Gasteiger partial charge in [-0.3, -0.25) is 9.69 Å². The first-order valence-electron chi connectivity index (χ1n) is 8.64. The third-order valence-electron chi connectivity index (χ3n) is 4.35. The fourth-order valence-electron chi connectivity index (χ4n) is 2.96. The van der Waals surface area contributed by atoms with E-state index in [1.54, 1.807) is 23.1 Å². The van der Waals surface area contributed by atoms with Crippen LogP contribution < -0.4 is 5.32 Å². The topological polar surface area (TPSA) is 41.6 Å². The number of hydrogen-bond donors (Lipinski definition) is 1. The molecule has 3 rings (SSSR count). The monoisotopic (exact) mass is 454 g/mol. The summed E-state index contributed by atoms with van der Waals surface area (Å²) in [5.74, 6) is 0.509. The third kappa shape index (κ3) is 5.57. The molecule has 1 aromatic carbocycles. The summed E-state index contributed by atoms with van der Waals surface area (Å²) in [5, 5.41) is 5.22. The number of carbonyl (C=O) groups excluding carboxylic acids is 1. The van der Waals surface area contributed by atoms with E-state index in [1.165, 1.54) is 10.4 Å². The fraction of sp³-hybridized carbons (Fsp3) is 0.421. The van der Waals surface area contributed by atoms with Crippen LogP contribution in [-0.4, -0.2) is 49.4 Å². The molecular formula is C19H23BrN2O2S2. The normalized spacial score (nSPS) is 16.4. The van der Waals surface area contributed by atoms with Gasteiger partial charge in [0.25, 0.3) is 0 Å². The van der Waals surface area contributed by atoms with Crippen molar-refractivity contribution in [1.29, 1.82) is 0 Å². The number of halogens is 1. The van der Waals surface area contributed by atoms with Crippen molar-refractivity contribution in [3.63, 3.8) is 0 Å². The van der Waals surface area contributed by atoms with Gasteiger partial charge in [-0.05, 0) is 42.1 Å². The number of carbonyl (C=O) groups is 1. The zero-order valence-corrected chi connectivity index (χ0v) is 18.0. The standard InChI is InChI=1S/C19H23BrN2O2S2/c1-14-11-15(20)4-5-17(14)26-13-19(23)21-12-16(18-3-2-10-25-18)22-6-8-24-9-7-22/h2-5,10-11,16H,6-9,12-13H2,1H3,(H,21,23). The first kappa shape index (κ1) is 19.9. The van der Waals surface area contributed by atoms with Crippen molar-refractivity contribution < 1.29 is 9.53 Å². The summed E-state index contributed by atoms with van der Waals surface area (Å²) in [6, 6.07) is 10.6. The molecule has 0 aliphatic carbocycles. The summed E-state index contributed by atoms with van der Waals surface area (Å²) in [6.07, 6.45) is 0. The summed E-state index contributed by atoms with van der Waals surface area (Å²) >= 11 is 6.80. The Hall–Kier alpha value is -0.860. The number of hydrogen-bond acceptors (Lipinski definition) is 5. The van der Waals surface area contributed by atoms with Crippen molar-refractivity contribution in [2.45, 2.75) is 17.9 Å². The van der Waals surface area contributed by atoms with Crippen LogP contribution in [0.1, 0.15) is 16.5 Å². The van der Waals surface area contributed by atoms with Crippen molar-refractivity contribution in [3.8, 4) is 0 Å². The molecule has 0 bridgehead atoms. The molecule has 140 valence electrons. The number of nitrogens with one attached hydrogen (secondary N) is 1. The van der Waals surface area contributed by atoms with E-state index in [2.05, 4.69) is 62.7 Å². The molecule has 4 nitrogen and oxygen atoms in total. The number of aryl methyl sites for hydroxylation is 1. The molecule has 1 aliphatic rings. The Morgan fingerprint density at radius 1 is 1.38 bits per heavy atom. The van der Waals surface area contributed by atoms with E-state index in [4.69, 9.17) is 4.74 Å². The van der Waals surface area contributed by atoms with Gasteiger partial charge in [-0.15, -0.1) is 23.1 Å². The van der Waals surface area contributed by atoms with Gasteiger partial charge >= 0.3 is 0 Å². The highest BCUT2D eigenvalue weighted by atomic mass is 79.9. The Bertz CT molecular complexity index is 718. The van der Waals surface area contributed by atoms with Gasteiger partial charge in [-0.25, -0.2) is 0 Å². The summed E-state index contributed by atoms with van der Waals surface area (Å²) < 4.78 is 6.53. The average molecular weight is 455 g/mol. The van der Waals surface area contributed by atoms with Crippen LogP contribution in [0.3, 0.4) is 0 Å². The van der Waals surface area contributed by atoms with Gasteiger partial charge in [-0.2, -0.15) is 0 Å². The lowest BCUT2D eigenvalue weighted by Crippen LogP contribution is -2.43. The molecule has 1 saturated heterocycles. The number of nitrogens with zero attached hydrogens (tertiary/aromatic N) is 1. The van der Waals surface area contributed by atoms with Gasteiger partial charge in [0.2, 0.25) is 5.91 Å². The molecule has 1 fully saturated rings. The van der Waals surface area contributed by atoms with Crippen LogP contribution in [-0.2, 0) is 9.53 Å². The molecule has 7 heteroatoms. The number of benzene rings is 1. The Balaban J connectivity index is 1.53. The van der Waals surface area contributed by atoms with Crippen LogP contribution in [0.5, 0.6) is 0 Å². The number of amides is 1. The maximum absolute atomic E-state index is 12.4. The van der Waals surface area contributed by atoms with Crippen LogP contribution in [0.4, 0.5) is 0 Å². The van der Waals surface area contributed by atoms with Crippen molar-refractivity contribution in [2.24, 2.45) is 0 Å².